The van der Waals surface area contributed by atoms with Gasteiger partial charge in [0.1, 0.15) is 6.33 Å². The second kappa shape index (κ2) is 6.10. The lowest BCUT2D eigenvalue weighted by atomic mass is 10.0. The maximum Gasteiger partial charge on any atom is 0.186 e. The van der Waals surface area contributed by atoms with Gasteiger partial charge in [0, 0.05) is 4.88 Å². The van der Waals surface area contributed by atoms with E-state index >= 15 is 0 Å². The number of hydrogen-bond donors (Lipinski definition) is 1. The second-order valence-corrected chi connectivity index (χ2v) is 5.70. The summed E-state index contributed by atoms with van der Waals surface area (Å²) in [5.74, 6) is 0.296. The molecular formula is C14H18FN3S. The molecule has 0 fully saturated rings. The van der Waals surface area contributed by atoms with E-state index in [9.17, 15) is 4.39 Å². The van der Waals surface area contributed by atoms with E-state index in [0.29, 0.717) is 23.9 Å². The van der Waals surface area contributed by atoms with Crippen molar-refractivity contribution in [2.45, 2.75) is 33.2 Å². The van der Waals surface area contributed by atoms with Crippen LogP contribution >= 0.6 is 11.3 Å². The summed E-state index contributed by atoms with van der Waals surface area (Å²) in [4.78, 5) is 9.16. The molecule has 2 rings (SSSR count). The number of rotatable bonds is 5. The van der Waals surface area contributed by atoms with Crippen molar-refractivity contribution in [3.05, 3.63) is 40.2 Å². The summed E-state index contributed by atoms with van der Waals surface area (Å²) in [5, 5.41) is 5.24. The van der Waals surface area contributed by atoms with Gasteiger partial charge in [0.2, 0.25) is 0 Å². The first-order chi connectivity index (χ1) is 9.13. The molecule has 0 saturated carbocycles. The molecule has 2 aromatic heterocycles. The van der Waals surface area contributed by atoms with Crippen LogP contribution in [0.15, 0.2) is 23.8 Å². The molecule has 0 amide bonds. The van der Waals surface area contributed by atoms with Gasteiger partial charge in [-0.25, -0.2) is 14.4 Å². The number of nitrogens with one attached hydrogen (secondary N) is 1. The molecule has 1 N–H and O–H groups in total. The van der Waals surface area contributed by atoms with Crippen molar-refractivity contribution in [2.24, 2.45) is 5.92 Å². The average molecular weight is 279 g/mol. The van der Waals surface area contributed by atoms with E-state index in [1.165, 1.54) is 11.2 Å². The SMILES string of the molecule is CCc1ncnc(NC(c2cccs2)C(C)C)c1F. The van der Waals surface area contributed by atoms with Crippen LogP contribution in [0.25, 0.3) is 0 Å². The number of aryl methyl sites for hydroxylation is 1. The number of thiophene rings is 1. The molecule has 0 saturated heterocycles. The summed E-state index contributed by atoms with van der Waals surface area (Å²) >= 11 is 1.67. The number of nitrogens with zero attached hydrogens (tertiary/aromatic N) is 2. The van der Waals surface area contributed by atoms with Crippen LogP contribution < -0.4 is 5.32 Å². The maximum absolute atomic E-state index is 14.2. The minimum Gasteiger partial charge on any atom is -0.360 e. The highest BCUT2D eigenvalue weighted by molar-refractivity contribution is 7.10. The number of aromatic nitrogens is 2. The van der Waals surface area contributed by atoms with Gasteiger partial charge in [-0.3, -0.25) is 0 Å². The molecule has 0 radical (unpaired) electrons. The third kappa shape index (κ3) is 3.10. The molecule has 0 aliphatic carbocycles. The molecule has 0 aromatic carbocycles. The van der Waals surface area contributed by atoms with E-state index < -0.39 is 0 Å². The lowest BCUT2D eigenvalue weighted by Crippen LogP contribution is -2.18. The van der Waals surface area contributed by atoms with Crippen molar-refractivity contribution >= 4 is 17.2 Å². The van der Waals surface area contributed by atoms with Crippen LogP contribution in [-0.4, -0.2) is 9.97 Å². The van der Waals surface area contributed by atoms with E-state index in [1.807, 2.05) is 18.4 Å². The lowest BCUT2D eigenvalue weighted by Gasteiger charge is -2.22. The van der Waals surface area contributed by atoms with Crippen LogP contribution in [-0.2, 0) is 6.42 Å². The smallest absolute Gasteiger partial charge is 0.186 e. The van der Waals surface area contributed by atoms with Crippen LogP contribution in [0, 0.1) is 11.7 Å². The number of anilines is 1. The van der Waals surface area contributed by atoms with Crippen LogP contribution in [0.3, 0.4) is 0 Å². The second-order valence-electron chi connectivity index (χ2n) is 4.72. The minimum absolute atomic E-state index is 0.0640. The Kier molecular flexibility index (Phi) is 4.47. The predicted octanol–water partition coefficient (Wildman–Crippen LogP) is 4.05. The Bertz CT molecular complexity index is 525. The number of halogens is 1. The molecule has 0 spiro atoms. The first-order valence-corrected chi connectivity index (χ1v) is 7.30. The molecule has 1 atom stereocenters. The largest absolute Gasteiger partial charge is 0.360 e. The summed E-state index contributed by atoms with van der Waals surface area (Å²) < 4.78 is 14.2. The molecule has 2 heterocycles. The van der Waals surface area contributed by atoms with Gasteiger partial charge in [0.05, 0.1) is 11.7 Å². The summed E-state index contributed by atoms with van der Waals surface area (Å²) in [5.41, 5.74) is 0.450. The Morgan fingerprint density at radius 1 is 1.37 bits per heavy atom. The fourth-order valence-electron chi connectivity index (χ4n) is 1.94. The molecular weight excluding hydrogens is 261 g/mol. The Balaban J connectivity index is 2.28. The van der Waals surface area contributed by atoms with Crippen molar-refractivity contribution in [3.8, 4) is 0 Å². The van der Waals surface area contributed by atoms with E-state index in [-0.39, 0.29) is 11.9 Å². The molecule has 5 heteroatoms. The topological polar surface area (TPSA) is 37.8 Å². The predicted molar refractivity (Wildman–Crippen MR) is 76.9 cm³/mol. The van der Waals surface area contributed by atoms with Crippen LogP contribution in [0.4, 0.5) is 10.2 Å². The van der Waals surface area contributed by atoms with E-state index in [0.717, 1.165) is 0 Å². The summed E-state index contributed by atoms with van der Waals surface area (Å²) in [6.45, 7) is 6.10. The van der Waals surface area contributed by atoms with Gasteiger partial charge >= 0.3 is 0 Å². The average Bonchev–Trinajstić information content (AvgIpc) is 2.90. The molecule has 102 valence electrons. The molecule has 0 bridgehead atoms. The van der Waals surface area contributed by atoms with Crippen molar-refractivity contribution < 1.29 is 4.39 Å². The zero-order valence-corrected chi connectivity index (χ0v) is 12.2. The van der Waals surface area contributed by atoms with Crippen LogP contribution in [0.2, 0.25) is 0 Å². The third-order valence-corrected chi connectivity index (χ3v) is 3.96. The summed E-state index contributed by atoms with van der Waals surface area (Å²) in [6.07, 6.45) is 1.98. The molecule has 0 aliphatic heterocycles. The quantitative estimate of drug-likeness (QED) is 0.897. The zero-order valence-electron chi connectivity index (χ0n) is 11.4. The van der Waals surface area contributed by atoms with Gasteiger partial charge in [-0.2, -0.15) is 0 Å². The van der Waals surface area contributed by atoms with Gasteiger partial charge in [-0.05, 0) is 23.8 Å². The van der Waals surface area contributed by atoms with Crippen LogP contribution in [0.1, 0.15) is 37.4 Å². The Labute approximate surface area is 116 Å². The zero-order chi connectivity index (χ0) is 13.8. The summed E-state index contributed by atoms with van der Waals surface area (Å²) in [6, 6.07) is 4.13. The van der Waals surface area contributed by atoms with Crippen molar-refractivity contribution in [3.63, 3.8) is 0 Å². The third-order valence-electron chi connectivity index (χ3n) is 3.01. The van der Waals surface area contributed by atoms with Gasteiger partial charge < -0.3 is 5.32 Å². The van der Waals surface area contributed by atoms with E-state index in [1.54, 1.807) is 11.3 Å². The highest BCUT2D eigenvalue weighted by atomic mass is 32.1. The molecule has 1 unspecified atom stereocenters. The monoisotopic (exact) mass is 279 g/mol. The lowest BCUT2D eigenvalue weighted by molar-refractivity contribution is 0.538. The Hall–Kier alpha value is -1.49. The molecule has 0 aliphatic rings. The fraction of sp³-hybridized carbons (Fsp3) is 0.429. The first kappa shape index (κ1) is 13.9. The fourth-order valence-corrected chi connectivity index (χ4v) is 2.88. The Morgan fingerprint density at radius 2 is 2.16 bits per heavy atom. The highest BCUT2D eigenvalue weighted by Crippen LogP contribution is 2.30. The van der Waals surface area contributed by atoms with Gasteiger partial charge in [0.15, 0.2) is 11.6 Å². The van der Waals surface area contributed by atoms with Gasteiger partial charge in [0.25, 0.3) is 0 Å². The van der Waals surface area contributed by atoms with Gasteiger partial charge in [-0.15, -0.1) is 11.3 Å². The normalized spacial score (nSPS) is 12.7. The first-order valence-electron chi connectivity index (χ1n) is 6.42. The Morgan fingerprint density at radius 3 is 2.74 bits per heavy atom. The van der Waals surface area contributed by atoms with Crippen LogP contribution in [0.5, 0.6) is 0 Å². The summed E-state index contributed by atoms with van der Waals surface area (Å²) in [7, 11) is 0. The minimum atomic E-state index is -0.341. The van der Waals surface area contributed by atoms with Crippen molar-refractivity contribution in [1.82, 2.24) is 9.97 Å². The molecule has 19 heavy (non-hydrogen) atoms. The number of hydrogen-bond acceptors (Lipinski definition) is 4. The van der Waals surface area contributed by atoms with Gasteiger partial charge in [-0.1, -0.05) is 26.8 Å². The molecule has 2 aromatic rings. The standard InChI is InChI=1S/C14H18FN3S/c1-4-10-12(15)14(17-8-16-10)18-13(9(2)3)11-6-5-7-19-11/h5-9,13H,4H2,1-3H3,(H,16,17,18). The van der Waals surface area contributed by atoms with Crippen molar-refractivity contribution in [1.29, 1.82) is 0 Å². The van der Waals surface area contributed by atoms with Crippen molar-refractivity contribution in [2.75, 3.05) is 5.32 Å². The van der Waals surface area contributed by atoms with E-state index in [2.05, 4.69) is 35.2 Å². The molecule has 3 nitrogen and oxygen atoms in total. The van der Waals surface area contributed by atoms with E-state index in [4.69, 9.17) is 0 Å². The maximum atomic E-state index is 14.2. The highest BCUT2D eigenvalue weighted by Gasteiger charge is 2.20.